The maximum absolute atomic E-state index is 8.61. The van der Waals surface area contributed by atoms with E-state index in [9.17, 15) is 0 Å². The van der Waals surface area contributed by atoms with Gasteiger partial charge in [-0.05, 0) is 63.7 Å². The Balaban J connectivity index is 1.33. The van der Waals surface area contributed by atoms with Gasteiger partial charge in [0.1, 0.15) is 0 Å². The van der Waals surface area contributed by atoms with Crippen LogP contribution in [0.5, 0.6) is 0 Å². The Bertz CT molecular complexity index is 2670. The van der Waals surface area contributed by atoms with Gasteiger partial charge in [0, 0.05) is 47.7 Å². The summed E-state index contributed by atoms with van der Waals surface area (Å²) < 4.78 is 5.01. The van der Waals surface area contributed by atoms with Gasteiger partial charge in [-0.1, -0.05) is 109 Å². The molecular weight excluding hydrogens is 567 g/mol. The molecule has 4 heteroatoms. The largest absolute Gasteiger partial charge is 0.398 e. The van der Waals surface area contributed by atoms with E-state index in [0.717, 1.165) is 22.3 Å². The molecule has 212 valence electrons. The zero-order chi connectivity index (χ0) is 30.1. The quantitative estimate of drug-likeness (QED) is 0.155. The van der Waals surface area contributed by atoms with Crippen LogP contribution in [0.4, 0.5) is 0 Å². The Hall–Kier alpha value is -5.71. The van der Waals surface area contributed by atoms with E-state index in [1.807, 2.05) is 47.7 Å². The molecule has 0 fully saturated rings. The van der Waals surface area contributed by atoms with Crippen molar-refractivity contribution in [3.63, 3.8) is 0 Å². The van der Waals surface area contributed by atoms with Gasteiger partial charge >= 0.3 is 0 Å². The smallest absolute Gasteiger partial charge is 0.0632 e. The Kier molecular flexibility index (Phi) is 5.67. The lowest BCUT2D eigenvalue weighted by Crippen LogP contribution is -2.03. The van der Waals surface area contributed by atoms with Crippen molar-refractivity contribution in [1.82, 2.24) is 4.57 Å². The van der Waals surface area contributed by atoms with Crippen molar-refractivity contribution in [2.75, 3.05) is 0 Å². The number of hydrogen-bond donors (Lipinski definition) is 2. The van der Waals surface area contributed by atoms with E-state index < -0.39 is 0 Å². The average molecular weight is 594 g/mol. The summed E-state index contributed by atoms with van der Waals surface area (Å²) in [5, 5.41) is 18.7. The van der Waals surface area contributed by atoms with E-state index in [0.29, 0.717) is 11.4 Å². The van der Waals surface area contributed by atoms with Gasteiger partial charge in [0.2, 0.25) is 0 Å². The van der Waals surface area contributed by atoms with E-state index in [1.165, 1.54) is 58.0 Å². The van der Waals surface area contributed by atoms with Gasteiger partial charge in [-0.15, -0.1) is 11.3 Å². The molecule has 0 aliphatic carbocycles. The summed E-state index contributed by atoms with van der Waals surface area (Å²) in [6, 6.07) is 49.1. The van der Waals surface area contributed by atoms with Gasteiger partial charge in [0.05, 0.1) is 16.7 Å². The molecule has 0 bridgehead atoms. The van der Waals surface area contributed by atoms with Crippen LogP contribution in [0.15, 0.2) is 146 Å². The van der Waals surface area contributed by atoms with Crippen molar-refractivity contribution in [1.29, 1.82) is 5.41 Å². The van der Waals surface area contributed by atoms with Gasteiger partial charge in [-0.3, -0.25) is 0 Å². The summed E-state index contributed by atoms with van der Waals surface area (Å²) in [6.07, 6.45) is 1.75. The summed E-state index contributed by atoms with van der Waals surface area (Å²) in [6.45, 7) is 0. The molecule has 45 heavy (non-hydrogen) atoms. The number of nitrogens with one attached hydrogen (secondary N) is 1. The number of para-hydroxylation sites is 1. The Morgan fingerprint density at radius 1 is 0.578 bits per heavy atom. The minimum absolute atomic E-state index is 0.389. The van der Waals surface area contributed by atoms with Crippen LogP contribution in [0.2, 0.25) is 0 Å². The second-order valence-electron chi connectivity index (χ2n) is 11.5. The van der Waals surface area contributed by atoms with Gasteiger partial charge < -0.3 is 15.7 Å². The van der Waals surface area contributed by atoms with Crippen LogP contribution in [0.1, 0.15) is 11.1 Å². The van der Waals surface area contributed by atoms with Crippen LogP contribution in [0.25, 0.3) is 74.9 Å². The Morgan fingerprint density at radius 3 is 2.16 bits per heavy atom. The molecule has 3 N–H and O–H groups in total. The van der Waals surface area contributed by atoms with Gasteiger partial charge in [0.15, 0.2) is 0 Å². The first-order valence-electron chi connectivity index (χ1n) is 15.1. The lowest BCUT2D eigenvalue weighted by molar-refractivity contribution is 1.18. The van der Waals surface area contributed by atoms with Crippen LogP contribution in [0.3, 0.4) is 0 Å². The molecule has 0 spiro atoms. The van der Waals surface area contributed by atoms with Crippen LogP contribution >= 0.6 is 11.3 Å². The van der Waals surface area contributed by atoms with Crippen molar-refractivity contribution in [2.24, 2.45) is 5.73 Å². The van der Waals surface area contributed by atoms with E-state index in [-0.39, 0.29) is 0 Å². The predicted octanol–water partition coefficient (Wildman–Crippen LogP) is 10.8. The minimum atomic E-state index is 0.389. The zero-order valence-corrected chi connectivity index (χ0v) is 25.1. The predicted molar refractivity (Wildman–Crippen MR) is 194 cm³/mol. The number of hydrogen-bond acceptors (Lipinski definition) is 3. The lowest BCUT2D eigenvalue weighted by Gasteiger charge is -2.13. The SMILES string of the molecule is N=C(/C=C(\N)c1cccc(-n2c3ccccc3c3ccc4c(ccc5ccc6sc7ccccc7c6c54)c32)c1)c1ccccc1. The maximum Gasteiger partial charge on any atom is 0.0632 e. The van der Waals surface area contributed by atoms with Gasteiger partial charge in [0.25, 0.3) is 0 Å². The summed E-state index contributed by atoms with van der Waals surface area (Å²) in [5.41, 5.74) is 12.7. The topological polar surface area (TPSA) is 54.8 Å². The van der Waals surface area contributed by atoms with Crippen LogP contribution in [-0.2, 0) is 0 Å². The molecule has 3 nitrogen and oxygen atoms in total. The number of nitrogens with two attached hydrogens (primary N) is 1. The van der Waals surface area contributed by atoms with Crippen molar-refractivity contribution >= 4 is 86.3 Å². The van der Waals surface area contributed by atoms with E-state index in [4.69, 9.17) is 11.1 Å². The molecule has 2 heterocycles. The highest BCUT2D eigenvalue weighted by Gasteiger charge is 2.18. The third-order valence-corrected chi connectivity index (χ3v) is 10.1. The first-order chi connectivity index (χ1) is 22.2. The van der Waals surface area contributed by atoms with Crippen molar-refractivity contribution in [2.45, 2.75) is 0 Å². The Labute approximate surface area is 263 Å². The minimum Gasteiger partial charge on any atom is -0.398 e. The molecule has 0 saturated heterocycles. The fraction of sp³-hybridized carbons (Fsp3) is 0. The fourth-order valence-corrected chi connectivity index (χ4v) is 8.05. The highest BCUT2D eigenvalue weighted by molar-refractivity contribution is 7.26. The number of aromatic nitrogens is 1. The van der Waals surface area contributed by atoms with Crippen molar-refractivity contribution < 1.29 is 0 Å². The monoisotopic (exact) mass is 593 g/mol. The van der Waals surface area contributed by atoms with Crippen LogP contribution in [-0.4, -0.2) is 10.3 Å². The van der Waals surface area contributed by atoms with Gasteiger partial charge in [-0.2, -0.15) is 0 Å². The lowest BCUT2D eigenvalue weighted by atomic mass is 9.96. The molecule has 9 aromatic rings. The van der Waals surface area contributed by atoms with Crippen molar-refractivity contribution in [3.05, 3.63) is 157 Å². The highest BCUT2D eigenvalue weighted by Crippen LogP contribution is 2.44. The van der Waals surface area contributed by atoms with E-state index in [1.54, 1.807) is 6.08 Å². The van der Waals surface area contributed by atoms with E-state index in [2.05, 4.69) is 108 Å². The molecule has 2 aromatic heterocycles. The molecular formula is C41H27N3S. The molecule has 0 aliphatic rings. The zero-order valence-electron chi connectivity index (χ0n) is 24.3. The number of nitrogens with zero attached hydrogens (tertiary/aromatic N) is 1. The molecule has 0 aliphatic heterocycles. The summed E-state index contributed by atoms with van der Waals surface area (Å²) in [7, 11) is 0. The standard InChI is InChI=1S/C41H27N3S/c42-34(25-9-2-1-3-10-25)24-35(43)27-11-8-12-28(23-27)44-36-15-6-4-13-29(36)31-21-20-30-32(41(31)44)19-17-26-18-22-38-40(39(26)30)33-14-5-7-16-37(33)45-38/h1-24,42H,43H2/b35-24-,42-34?. The highest BCUT2D eigenvalue weighted by atomic mass is 32.1. The summed E-state index contributed by atoms with van der Waals surface area (Å²) in [4.78, 5) is 0. The fourth-order valence-electron chi connectivity index (χ4n) is 6.94. The second-order valence-corrected chi connectivity index (χ2v) is 12.6. The van der Waals surface area contributed by atoms with E-state index >= 15 is 0 Å². The van der Waals surface area contributed by atoms with Crippen LogP contribution < -0.4 is 5.73 Å². The molecule has 0 atom stereocenters. The third-order valence-electron chi connectivity index (χ3n) is 8.97. The first-order valence-corrected chi connectivity index (χ1v) is 15.9. The Morgan fingerprint density at radius 2 is 1.27 bits per heavy atom. The maximum atomic E-state index is 8.61. The number of benzene rings is 7. The summed E-state index contributed by atoms with van der Waals surface area (Å²) in [5.74, 6) is 0. The molecule has 9 rings (SSSR count). The van der Waals surface area contributed by atoms with Crippen molar-refractivity contribution in [3.8, 4) is 5.69 Å². The van der Waals surface area contributed by atoms with Crippen LogP contribution in [0, 0.1) is 5.41 Å². The third kappa shape index (κ3) is 3.93. The first kappa shape index (κ1) is 25.8. The van der Waals surface area contributed by atoms with Gasteiger partial charge in [-0.25, -0.2) is 0 Å². The number of rotatable bonds is 4. The second kappa shape index (κ2) is 9.91. The molecule has 0 unspecified atom stereocenters. The molecule has 0 amide bonds. The number of allylic oxidation sites excluding steroid dienone is 1. The normalized spacial score (nSPS) is 12.3. The molecule has 7 aromatic carbocycles. The summed E-state index contributed by atoms with van der Waals surface area (Å²) >= 11 is 1.86. The molecule has 0 radical (unpaired) electrons. The number of thiophene rings is 1. The average Bonchev–Trinajstić information content (AvgIpc) is 3.64. The molecule has 0 saturated carbocycles. The number of fused-ring (bicyclic) bond motifs is 11.